The molecule has 0 bridgehead atoms. The van der Waals surface area contributed by atoms with Crippen molar-refractivity contribution in [1.29, 1.82) is 5.26 Å². The number of aromatic nitrogens is 2. The minimum Gasteiger partial charge on any atom is -0.344 e. The summed E-state index contributed by atoms with van der Waals surface area (Å²) in [5, 5.41) is 13.2. The van der Waals surface area contributed by atoms with Crippen molar-refractivity contribution in [3.63, 3.8) is 0 Å². The zero-order valence-corrected chi connectivity index (χ0v) is 14.3. The van der Waals surface area contributed by atoms with Crippen LogP contribution in [-0.2, 0) is 4.79 Å². The van der Waals surface area contributed by atoms with Crippen LogP contribution < -0.4 is 10.2 Å². The van der Waals surface area contributed by atoms with Gasteiger partial charge in [-0.2, -0.15) is 5.26 Å². The van der Waals surface area contributed by atoms with Crippen LogP contribution in [0.4, 0.5) is 10.9 Å². The van der Waals surface area contributed by atoms with Crippen molar-refractivity contribution in [2.45, 2.75) is 38.6 Å². The van der Waals surface area contributed by atoms with Crippen LogP contribution in [0.2, 0.25) is 0 Å². The number of carbonyl (C=O) groups excluding carboxylic acids is 1. The summed E-state index contributed by atoms with van der Waals surface area (Å²) in [6, 6.07) is 4.44. The third-order valence-electron chi connectivity index (χ3n) is 4.88. The van der Waals surface area contributed by atoms with Gasteiger partial charge in [-0.15, -0.1) is 0 Å². The van der Waals surface area contributed by atoms with Crippen molar-refractivity contribution < 1.29 is 4.79 Å². The van der Waals surface area contributed by atoms with E-state index in [-0.39, 0.29) is 23.8 Å². The van der Waals surface area contributed by atoms with Gasteiger partial charge in [0.1, 0.15) is 0 Å². The minimum atomic E-state index is 0.0397. The molecule has 124 valence electrons. The summed E-state index contributed by atoms with van der Waals surface area (Å²) < 4.78 is 0.910. The van der Waals surface area contributed by atoms with Crippen molar-refractivity contribution in [2.24, 2.45) is 11.8 Å². The van der Waals surface area contributed by atoms with E-state index in [1.807, 2.05) is 6.07 Å². The summed E-state index contributed by atoms with van der Waals surface area (Å²) in [6.07, 6.45) is 5.57. The molecule has 2 aliphatic rings. The van der Waals surface area contributed by atoms with E-state index in [9.17, 15) is 10.1 Å². The van der Waals surface area contributed by atoms with Crippen molar-refractivity contribution in [2.75, 3.05) is 16.8 Å². The molecule has 6 nitrogen and oxygen atoms in total. The number of rotatable bonds is 3. The first-order valence-corrected chi connectivity index (χ1v) is 9.21. The number of thiazole rings is 1. The monoisotopic (exact) mass is 341 g/mol. The van der Waals surface area contributed by atoms with Gasteiger partial charge in [-0.3, -0.25) is 4.79 Å². The van der Waals surface area contributed by atoms with Crippen molar-refractivity contribution in [3.8, 4) is 6.07 Å². The van der Waals surface area contributed by atoms with Gasteiger partial charge in [-0.1, -0.05) is 11.3 Å². The van der Waals surface area contributed by atoms with Gasteiger partial charge in [0.25, 0.3) is 0 Å². The number of hydrogen-bond acceptors (Lipinski definition) is 6. The zero-order valence-electron chi connectivity index (χ0n) is 13.5. The van der Waals surface area contributed by atoms with Gasteiger partial charge in [0.05, 0.1) is 22.2 Å². The molecule has 0 spiro atoms. The van der Waals surface area contributed by atoms with E-state index in [2.05, 4.69) is 28.2 Å². The van der Waals surface area contributed by atoms with E-state index in [1.165, 1.54) is 0 Å². The Morgan fingerprint density at radius 1 is 1.46 bits per heavy atom. The average Bonchev–Trinajstić information content (AvgIpc) is 3.35. The van der Waals surface area contributed by atoms with Gasteiger partial charge in [0.15, 0.2) is 10.9 Å². The Hall–Kier alpha value is -2.20. The second-order valence-corrected chi connectivity index (χ2v) is 7.56. The Morgan fingerprint density at radius 3 is 3.04 bits per heavy atom. The molecule has 1 amide bonds. The van der Waals surface area contributed by atoms with E-state index in [1.54, 1.807) is 17.5 Å². The Labute approximate surface area is 144 Å². The van der Waals surface area contributed by atoms with Crippen LogP contribution >= 0.6 is 11.3 Å². The van der Waals surface area contributed by atoms with Gasteiger partial charge in [-0.05, 0) is 38.7 Å². The standard InChI is InChI=1S/C17H19N5OS/c1-10-12(9-18)3-2-8-22(10)17-20-13-6-7-19-15(14(13)24-17)21-16(23)11-4-5-11/h6-7,10-12H,2-5,8H2,1H3,(H,19,21,23). The molecule has 2 aromatic heterocycles. The zero-order chi connectivity index (χ0) is 16.7. The van der Waals surface area contributed by atoms with E-state index < -0.39 is 0 Å². The number of hydrogen-bond donors (Lipinski definition) is 1. The Kier molecular flexibility index (Phi) is 3.85. The Morgan fingerprint density at radius 2 is 2.29 bits per heavy atom. The highest BCUT2D eigenvalue weighted by Crippen LogP contribution is 2.37. The first kappa shape index (κ1) is 15.3. The first-order valence-electron chi connectivity index (χ1n) is 8.40. The van der Waals surface area contributed by atoms with E-state index in [0.29, 0.717) is 5.82 Å². The van der Waals surface area contributed by atoms with E-state index in [4.69, 9.17) is 4.98 Å². The van der Waals surface area contributed by atoms with Crippen LogP contribution in [0.1, 0.15) is 32.6 Å². The molecule has 2 aromatic rings. The third kappa shape index (κ3) is 2.71. The van der Waals surface area contributed by atoms with Gasteiger partial charge < -0.3 is 10.2 Å². The normalized spacial score (nSPS) is 23.9. The molecule has 24 heavy (non-hydrogen) atoms. The molecule has 1 saturated carbocycles. The molecule has 2 fully saturated rings. The summed E-state index contributed by atoms with van der Waals surface area (Å²) in [5.41, 5.74) is 0.849. The molecule has 7 heteroatoms. The number of amides is 1. The lowest BCUT2D eigenvalue weighted by Gasteiger charge is -2.36. The highest BCUT2D eigenvalue weighted by atomic mass is 32.1. The molecule has 2 unspecified atom stereocenters. The summed E-state index contributed by atoms with van der Waals surface area (Å²) in [7, 11) is 0. The minimum absolute atomic E-state index is 0.0397. The molecule has 1 aliphatic carbocycles. The Bertz CT molecular complexity index is 822. The fourth-order valence-electron chi connectivity index (χ4n) is 3.21. The van der Waals surface area contributed by atoms with Crippen LogP contribution in [-0.4, -0.2) is 28.5 Å². The van der Waals surface area contributed by atoms with Gasteiger partial charge >= 0.3 is 0 Å². The molecule has 1 saturated heterocycles. The predicted molar refractivity (Wildman–Crippen MR) is 93.9 cm³/mol. The number of fused-ring (bicyclic) bond motifs is 1. The molecule has 2 atom stereocenters. The van der Waals surface area contributed by atoms with Crippen LogP contribution in [0, 0.1) is 23.2 Å². The lowest BCUT2D eigenvalue weighted by Crippen LogP contribution is -2.42. The highest BCUT2D eigenvalue weighted by molar-refractivity contribution is 7.22. The topological polar surface area (TPSA) is 81.9 Å². The molecule has 1 N–H and O–H groups in total. The maximum Gasteiger partial charge on any atom is 0.228 e. The summed E-state index contributed by atoms with van der Waals surface area (Å²) in [4.78, 5) is 23.3. The second kappa shape index (κ2) is 6.02. The molecular formula is C17H19N5OS. The lowest BCUT2D eigenvalue weighted by atomic mass is 9.92. The second-order valence-electron chi connectivity index (χ2n) is 6.58. The summed E-state index contributed by atoms with van der Waals surface area (Å²) >= 11 is 1.55. The van der Waals surface area contributed by atoms with Crippen LogP contribution in [0.3, 0.4) is 0 Å². The van der Waals surface area contributed by atoms with Crippen LogP contribution in [0.15, 0.2) is 12.3 Å². The van der Waals surface area contributed by atoms with Gasteiger partial charge in [0.2, 0.25) is 5.91 Å². The number of nitrogens with zero attached hydrogens (tertiary/aromatic N) is 4. The average molecular weight is 341 g/mol. The molecule has 4 rings (SSSR count). The number of nitriles is 1. The number of carbonyl (C=O) groups is 1. The van der Waals surface area contributed by atoms with Crippen LogP contribution in [0.25, 0.3) is 10.2 Å². The van der Waals surface area contributed by atoms with E-state index in [0.717, 1.165) is 47.6 Å². The largest absolute Gasteiger partial charge is 0.344 e. The van der Waals surface area contributed by atoms with E-state index >= 15 is 0 Å². The van der Waals surface area contributed by atoms with Crippen molar-refractivity contribution in [3.05, 3.63) is 12.3 Å². The lowest BCUT2D eigenvalue weighted by molar-refractivity contribution is -0.117. The fourth-order valence-corrected chi connectivity index (χ4v) is 4.33. The third-order valence-corrected chi connectivity index (χ3v) is 6.00. The Balaban J connectivity index is 1.65. The molecule has 1 aliphatic heterocycles. The molecule has 0 aromatic carbocycles. The van der Waals surface area contributed by atoms with Crippen molar-refractivity contribution in [1.82, 2.24) is 9.97 Å². The smallest absolute Gasteiger partial charge is 0.228 e. The maximum absolute atomic E-state index is 12.0. The maximum atomic E-state index is 12.0. The molecular weight excluding hydrogens is 322 g/mol. The predicted octanol–water partition coefficient (Wildman–Crippen LogP) is 3.17. The quantitative estimate of drug-likeness (QED) is 0.927. The number of nitrogens with one attached hydrogen (secondary N) is 1. The fraction of sp³-hybridized carbons (Fsp3) is 0.529. The molecule has 0 radical (unpaired) electrons. The number of anilines is 2. The highest BCUT2D eigenvalue weighted by Gasteiger charge is 2.32. The number of piperidine rings is 1. The SMILES string of the molecule is CC1C(C#N)CCCN1c1nc2ccnc(NC(=O)C3CC3)c2s1. The van der Waals surface area contributed by atoms with Crippen molar-refractivity contribution >= 4 is 38.4 Å². The number of pyridine rings is 1. The van der Waals surface area contributed by atoms with Gasteiger partial charge in [0, 0.05) is 24.7 Å². The van der Waals surface area contributed by atoms with Gasteiger partial charge in [-0.25, -0.2) is 9.97 Å². The van der Waals surface area contributed by atoms with Crippen LogP contribution in [0.5, 0.6) is 0 Å². The summed E-state index contributed by atoms with van der Waals surface area (Å²) in [6.45, 7) is 3.00. The molecule has 3 heterocycles. The summed E-state index contributed by atoms with van der Waals surface area (Å²) in [5.74, 6) is 0.848. The first-order chi connectivity index (χ1) is 11.7.